The summed E-state index contributed by atoms with van der Waals surface area (Å²) in [6.45, 7) is 0. The molecule has 0 aliphatic carbocycles. The van der Waals surface area contributed by atoms with E-state index in [9.17, 15) is 0 Å². The summed E-state index contributed by atoms with van der Waals surface area (Å²) in [6.07, 6.45) is 4.79. The van der Waals surface area contributed by atoms with Crippen LogP contribution in [-0.4, -0.2) is 9.97 Å². The summed E-state index contributed by atoms with van der Waals surface area (Å²) >= 11 is 1.55. The fourth-order valence-corrected chi connectivity index (χ4v) is 2.58. The van der Waals surface area contributed by atoms with Crippen molar-refractivity contribution < 1.29 is 0 Å². The second-order valence-corrected chi connectivity index (χ2v) is 4.85. The third-order valence-electron chi connectivity index (χ3n) is 2.61. The van der Waals surface area contributed by atoms with Crippen LogP contribution in [0, 0.1) is 0 Å². The Balaban J connectivity index is 2.00. The molecule has 0 unspecified atom stereocenters. The van der Waals surface area contributed by atoms with Crippen molar-refractivity contribution in [2.24, 2.45) is 0 Å². The van der Waals surface area contributed by atoms with Crippen LogP contribution in [0.1, 0.15) is 10.4 Å². The van der Waals surface area contributed by atoms with Crippen molar-refractivity contribution in [1.82, 2.24) is 9.97 Å². The van der Waals surface area contributed by atoms with Crippen LogP contribution < -0.4 is 5.73 Å². The third-order valence-corrected chi connectivity index (χ3v) is 3.44. The standard InChI is InChI=1S/C12H11N3S/c13-12-15-7-9(16-12)5-8-6-14-11-4-2-1-3-10(8)11/h1-4,6-7,14H,5H2,(H2,13,15). The van der Waals surface area contributed by atoms with Gasteiger partial charge < -0.3 is 10.7 Å². The second-order valence-electron chi connectivity index (χ2n) is 3.70. The molecule has 80 valence electrons. The number of anilines is 1. The monoisotopic (exact) mass is 229 g/mol. The number of aromatic nitrogens is 2. The third kappa shape index (κ3) is 1.57. The van der Waals surface area contributed by atoms with Crippen molar-refractivity contribution in [3.63, 3.8) is 0 Å². The van der Waals surface area contributed by atoms with Crippen LogP contribution in [0.3, 0.4) is 0 Å². The molecule has 0 aliphatic heterocycles. The molecule has 0 spiro atoms. The quantitative estimate of drug-likeness (QED) is 0.710. The van der Waals surface area contributed by atoms with Gasteiger partial charge in [0.25, 0.3) is 0 Å². The molecule has 0 aliphatic rings. The first-order chi connectivity index (χ1) is 7.83. The SMILES string of the molecule is Nc1ncc(Cc2c[nH]c3ccccc23)s1. The van der Waals surface area contributed by atoms with Crippen molar-refractivity contribution in [2.45, 2.75) is 6.42 Å². The molecule has 3 N–H and O–H groups in total. The van der Waals surface area contributed by atoms with E-state index in [2.05, 4.69) is 34.4 Å². The summed E-state index contributed by atoms with van der Waals surface area (Å²) in [7, 11) is 0. The second kappa shape index (κ2) is 3.64. The van der Waals surface area contributed by atoms with Gasteiger partial charge in [0.15, 0.2) is 5.13 Å². The topological polar surface area (TPSA) is 54.7 Å². The number of para-hydroxylation sites is 1. The lowest BCUT2D eigenvalue weighted by molar-refractivity contribution is 1.23. The van der Waals surface area contributed by atoms with Crippen molar-refractivity contribution in [2.75, 3.05) is 5.73 Å². The molecule has 2 aromatic heterocycles. The van der Waals surface area contributed by atoms with Gasteiger partial charge in [0.1, 0.15) is 0 Å². The van der Waals surface area contributed by atoms with Gasteiger partial charge in [-0.25, -0.2) is 4.98 Å². The van der Waals surface area contributed by atoms with Crippen LogP contribution in [0.5, 0.6) is 0 Å². The smallest absolute Gasteiger partial charge is 0.180 e. The van der Waals surface area contributed by atoms with Gasteiger partial charge in [-0.2, -0.15) is 0 Å². The van der Waals surface area contributed by atoms with E-state index in [1.54, 1.807) is 11.3 Å². The highest BCUT2D eigenvalue weighted by molar-refractivity contribution is 7.15. The summed E-state index contributed by atoms with van der Waals surface area (Å²) < 4.78 is 0. The zero-order valence-electron chi connectivity index (χ0n) is 8.60. The number of nitrogens with two attached hydrogens (primary N) is 1. The minimum absolute atomic E-state index is 0.634. The van der Waals surface area contributed by atoms with Gasteiger partial charge in [-0.3, -0.25) is 0 Å². The zero-order valence-corrected chi connectivity index (χ0v) is 9.42. The average molecular weight is 229 g/mol. The number of nitrogen functional groups attached to an aromatic ring is 1. The Hall–Kier alpha value is -1.81. The summed E-state index contributed by atoms with van der Waals surface area (Å²) in [4.78, 5) is 8.53. The predicted molar refractivity (Wildman–Crippen MR) is 67.6 cm³/mol. The Morgan fingerprint density at radius 3 is 3.00 bits per heavy atom. The van der Waals surface area contributed by atoms with Crippen molar-refractivity contribution in [1.29, 1.82) is 0 Å². The van der Waals surface area contributed by atoms with E-state index < -0.39 is 0 Å². The van der Waals surface area contributed by atoms with Gasteiger partial charge in [0.05, 0.1) is 0 Å². The van der Waals surface area contributed by atoms with E-state index in [-0.39, 0.29) is 0 Å². The Morgan fingerprint density at radius 1 is 1.31 bits per heavy atom. The molecule has 0 radical (unpaired) electrons. The van der Waals surface area contributed by atoms with Gasteiger partial charge in [0.2, 0.25) is 0 Å². The maximum absolute atomic E-state index is 5.62. The molecule has 4 heteroatoms. The lowest BCUT2D eigenvalue weighted by atomic mass is 10.1. The molecule has 3 nitrogen and oxygen atoms in total. The lowest BCUT2D eigenvalue weighted by Crippen LogP contribution is -1.81. The predicted octanol–water partition coefficient (Wildman–Crippen LogP) is 2.80. The van der Waals surface area contributed by atoms with E-state index in [0.29, 0.717) is 5.13 Å². The maximum Gasteiger partial charge on any atom is 0.180 e. The highest BCUT2D eigenvalue weighted by Gasteiger charge is 2.05. The maximum atomic E-state index is 5.62. The van der Waals surface area contributed by atoms with Crippen LogP contribution in [0.15, 0.2) is 36.7 Å². The molecule has 0 fully saturated rings. The Labute approximate surface area is 96.9 Å². The first-order valence-electron chi connectivity index (χ1n) is 5.08. The van der Waals surface area contributed by atoms with Gasteiger partial charge in [-0.05, 0) is 11.6 Å². The number of rotatable bonds is 2. The minimum atomic E-state index is 0.634. The summed E-state index contributed by atoms with van der Waals surface area (Å²) in [5.74, 6) is 0. The molecule has 3 aromatic rings. The molecule has 3 rings (SSSR count). The summed E-state index contributed by atoms with van der Waals surface area (Å²) in [5, 5.41) is 1.91. The van der Waals surface area contributed by atoms with Gasteiger partial charge in [-0.1, -0.05) is 18.2 Å². The Bertz CT molecular complexity index is 624. The molecule has 0 atom stereocenters. The minimum Gasteiger partial charge on any atom is -0.375 e. The molecule has 16 heavy (non-hydrogen) atoms. The number of benzene rings is 1. The van der Waals surface area contributed by atoms with Gasteiger partial charge in [-0.15, -0.1) is 11.3 Å². The van der Waals surface area contributed by atoms with Crippen LogP contribution in [0.25, 0.3) is 10.9 Å². The van der Waals surface area contributed by atoms with E-state index >= 15 is 0 Å². The van der Waals surface area contributed by atoms with Crippen LogP contribution in [-0.2, 0) is 6.42 Å². The highest BCUT2D eigenvalue weighted by atomic mass is 32.1. The molecule has 0 amide bonds. The molecule has 2 heterocycles. The fourth-order valence-electron chi connectivity index (χ4n) is 1.87. The summed E-state index contributed by atoms with van der Waals surface area (Å²) in [6, 6.07) is 8.30. The van der Waals surface area contributed by atoms with E-state index in [4.69, 9.17) is 5.73 Å². The number of fused-ring (bicyclic) bond motifs is 1. The zero-order chi connectivity index (χ0) is 11.0. The number of H-pyrrole nitrogens is 1. The number of thiazole rings is 1. The number of nitrogens with one attached hydrogen (secondary N) is 1. The normalized spacial score (nSPS) is 11.0. The first kappa shape index (κ1) is 9.42. The molecule has 1 aromatic carbocycles. The number of hydrogen-bond donors (Lipinski definition) is 2. The van der Waals surface area contributed by atoms with E-state index in [1.807, 2.05) is 12.3 Å². The number of hydrogen-bond acceptors (Lipinski definition) is 3. The van der Waals surface area contributed by atoms with Gasteiger partial charge >= 0.3 is 0 Å². The molecule has 0 saturated heterocycles. The lowest BCUT2D eigenvalue weighted by Gasteiger charge is -1.95. The van der Waals surface area contributed by atoms with Crippen molar-refractivity contribution in [3.05, 3.63) is 47.1 Å². The van der Waals surface area contributed by atoms with Crippen LogP contribution in [0.4, 0.5) is 5.13 Å². The Morgan fingerprint density at radius 2 is 2.19 bits per heavy atom. The Kier molecular flexibility index (Phi) is 2.15. The molecule has 0 saturated carbocycles. The number of aromatic amines is 1. The number of nitrogens with zero attached hydrogens (tertiary/aromatic N) is 1. The van der Waals surface area contributed by atoms with Crippen LogP contribution in [0.2, 0.25) is 0 Å². The van der Waals surface area contributed by atoms with Gasteiger partial charge in [0, 0.05) is 34.6 Å². The molecule has 0 bridgehead atoms. The largest absolute Gasteiger partial charge is 0.375 e. The summed E-state index contributed by atoms with van der Waals surface area (Å²) in [5.41, 5.74) is 8.09. The van der Waals surface area contributed by atoms with Crippen molar-refractivity contribution in [3.8, 4) is 0 Å². The van der Waals surface area contributed by atoms with E-state index in [1.165, 1.54) is 21.3 Å². The van der Waals surface area contributed by atoms with Crippen LogP contribution >= 0.6 is 11.3 Å². The first-order valence-corrected chi connectivity index (χ1v) is 5.90. The van der Waals surface area contributed by atoms with Crippen molar-refractivity contribution >= 4 is 27.4 Å². The highest BCUT2D eigenvalue weighted by Crippen LogP contribution is 2.23. The van der Waals surface area contributed by atoms with E-state index in [0.717, 1.165) is 6.42 Å². The molecular weight excluding hydrogens is 218 g/mol. The fraction of sp³-hybridized carbons (Fsp3) is 0.0833. The average Bonchev–Trinajstić information content (AvgIpc) is 2.87. The molecular formula is C12H11N3S.